The molecule has 0 amide bonds. The molecule has 0 saturated heterocycles. The van der Waals surface area contributed by atoms with Gasteiger partial charge in [0.2, 0.25) is 0 Å². The third-order valence-corrected chi connectivity index (χ3v) is 1.86. The topological polar surface area (TPSA) is 32.7 Å². The third kappa shape index (κ3) is 5.96. The average Bonchev–Trinajstić information content (AvgIpc) is 2.29. The lowest BCUT2D eigenvalue weighted by molar-refractivity contribution is 0.413. The lowest BCUT2D eigenvalue weighted by atomic mass is 10.1. The Balaban J connectivity index is 0.000000921. The van der Waals surface area contributed by atoms with Crippen molar-refractivity contribution in [3.05, 3.63) is 34.7 Å². The van der Waals surface area contributed by atoms with Crippen molar-refractivity contribution in [1.29, 1.82) is 0 Å². The highest BCUT2D eigenvalue weighted by atomic mass is 16.3. The Labute approximate surface area is 92.1 Å². The third-order valence-electron chi connectivity index (χ3n) is 1.86. The van der Waals surface area contributed by atoms with E-state index in [-0.39, 0.29) is 0 Å². The van der Waals surface area contributed by atoms with Gasteiger partial charge in [-0.25, -0.2) is 0 Å². The van der Waals surface area contributed by atoms with Crippen molar-refractivity contribution in [3.63, 3.8) is 0 Å². The molecule has 0 spiro atoms. The van der Waals surface area contributed by atoms with Gasteiger partial charge in [0.05, 0.1) is 0 Å². The van der Waals surface area contributed by atoms with E-state index in [0.29, 0.717) is 5.69 Å². The van der Waals surface area contributed by atoms with Crippen LogP contribution in [0.15, 0.2) is 29.4 Å². The maximum absolute atomic E-state index is 10.2. The van der Waals surface area contributed by atoms with Gasteiger partial charge in [0.25, 0.3) is 0 Å². The fourth-order valence-corrected chi connectivity index (χ4v) is 1.12. The molecule has 0 saturated carbocycles. The normalized spacial score (nSPS) is 9.40. The first-order valence-electron chi connectivity index (χ1n) is 5.29. The molecule has 0 bridgehead atoms. The molecule has 0 unspecified atom stereocenters. The highest BCUT2D eigenvalue weighted by Crippen LogP contribution is 2.13. The SMILES string of the molecule is CC.CN(C)CCc1cccc(N=O)c1. The van der Waals surface area contributed by atoms with E-state index in [9.17, 15) is 4.91 Å². The molecule has 0 N–H and O–H groups in total. The summed E-state index contributed by atoms with van der Waals surface area (Å²) in [5.41, 5.74) is 1.67. The van der Waals surface area contributed by atoms with Gasteiger partial charge in [-0.2, -0.15) is 0 Å². The van der Waals surface area contributed by atoms with Crippen LogP contribution in [0.2, 0.25) is 0 Å². The van der Waals surface area contributed by atoms with E-state index in [1.807, 2.05) is 46.1 Å². The number of nitrogens with zero attached hydrogens (tertiary/aromatic N) is 2. The Morgan fingerprint density at radius 1 is 1.27 bits per heavy atom. The van der Waals surface area contributed by atoms with Crippen molar-refractivity contribution >= 4 is 5.69 Å². The van der Waals surface area contributed by atoms with Crippen molar-refractivity contribution in [1.82, 2.24) is 4.90 Å². The predicted molar refractivity (Wildman–Crippen MR) is 65.5 cm³/mol. The molecule has 0 atom stereocenters. The minimum Gasteiger partial charge on any atom is -0.309 e. The van der Waals surface area contributed by atoms with Gasteiger partial charge in [0.1, 0.15) is 5.69 Å². The Bertz CT molecular complexity index is 285. The minimum atomic E-state index is 0.510. The number of hydrogen-bond acceptors (Lipinski definition) is 3. The summed E-state index contributed by atoms with van der Waals surface area (Å²) in [7, 11) is 4.06. The molecule has 3 nitrogen and oxygen atoms in total. The molecule has 0 aromatic heterocycles. The fourth-order valence-electron chi connectivity index (χ4n) is 1.12. The number of hydrogen-bond donors (Lipinski definition) is 0. The molecule has 0 heterocycles. The van der Waals surface area contributed by atoms with Gasteiger partial charge in [-0.15, -0.1) is 4.91 Å². The molecule has 3 heteroatoms. The number of likely N-dealkylation sites (N-methyl/N-ethyl adjacent to an activating group) is 1. The van der Waals surface area contributed by atoms with E-state index in [4.69, 9.17) is 0 Å². The van der Waals surface area contributed by atoms with Gasteiger partial charge in [-0.1, -0.05) is 26.0 Å². The monoisotopic (exact) mass is 208 g/mol. The second-order valence-electron chi connectivity index (χ2n) is 3.31. The van der Waals surface area contributed by atoms with Crippen molar-refractivity contribution in [2.45, 2.75) is 20.3 Å². The van der Waals surface area contributed by atoms with Gasteiger partial charge in [-0.3, -0.25) is 0 Å². The summed E-state index contributed by atoms with van der Waals surface area (Å²) >= 11 is 0. The minimum absolute atomic E-state index is 0.510. The summed E-state index contributed by atoms with van der Waals surface area (Å²) < 4.78 is 0. The number of benzene rings is 1. The number of nitroso groups, excluding NO2 is 1. The molecule has 1 rings (SSSR count). The fraction of sp³-hybridized carbons (Fsp3) is 0.500. The van der Waals surface area contributed by atoms with Crippen LogP contribution in [-0.4, -0.2) is 25.5 Å². The molecule has 1 aromatic rings. The molecule has 84 valence electrons. The largest absolute Gasteiger partial charge is 0.309 e. The van der Waals surface area contributed by atoms with Gasteiger partial charge in [-0.05, 0) is 43.4 Å². The van der Waals surface area contributed by atoms with Gasteiger partial charge in [0, 0.05) is 6.54 Å². The van der Waals surface area contributed by atoms with E-state index < -0.39 is 0 Å². The predicted octanol–water partition coefficient (Wildman–Crippen LogP) is 3.21. The van der Waals surface area contributed by atoms with E-state index >= 15 is 0 Å². The zero-order valence-electron chi connectivity index (χ0n) is 10.0. The Morgan fingerprint density at radius 3 is 2.47 bits per heavy atom. The molecule has 1 aromatic carbocycles. The van der Waals surface area contributed by atoms with Gasteiger partial charge in [0.15, 0.2) is 0 Å². The van der Waals surface area contributed by atoms with Gasteiger partial charge >= 0.3 is 0 Å². The summed E-state index contributed by atoms with van der Waals surface area (Å²) in [6.45, 7) is 4.99. The zero-order valence-corrected chi connectivity index (χ0v) is 10.0. The van der Waals surface area contributed by atoms with Crippen molar-refractivity contribution in [3.8, 4) is 0 Å². The van der Waals surface area contributed by atoms with Crippen LogP contribution >= 0.6 is 0 Å². The second-order valence-corrected chi connectivity index (χ2v) is 3.31. The van der Waals surface area contributed by atoms with Crippen LogP contribution in [0.4, 0.5) is 5.69 Å². The van der Waals surface area contributed by atoms with Crippen molar-refractivity contribution in [2.24, 2.45) is 5.18 Å². The van der Waals surface area contributed by atoms with Crippen LogP contribution in [-0.2, 0) is 6.42 Å². The molecule has 0 radical (unpaired) electrons. The van der Waals surface area contributed by atoms with Crippen molar-refractivity contribution < 1.29 is 0 Å². The molecular formula is C12H20N2O. The van der Waals surface area contributed by atoms with Crippen LogP contribution in [0, 0.1) is 4.91 Å². The second kappa shape index (κ2) is 8.12. The Morgan fingerprint density at radius 2 is 1.93 bits per heavy atom. The van der Waals surface area contributed by atoms with E-state index in [1.54, 1.807) is 6.07 Å². The summed E-state index contributed by atoms with van der Waals surface area (Å²) in [4.78, 5) is 12.3. The smallest absolute Gasteiger partial charge is 0.108 e. The summed E-state index contributed by atoms with van der Waals surface area (Å²) in [6, 6.07) is 7.42. The molecular weight excluding hydrogens is 188 g/mol. The first-order chi connectivity index (χ1) is 7.22. The van der Waals surface area contributed by atoms with Crippen LogP contribution in [0.5, 0.6) is 0 Å². The average molecular weight is 208 g/mol. The van der Waals surface area contributed by atoms with Crippen LogP contribution in [0.3, 0.4) is 0 Å². The first-order valence-corrected chi connectivity index (χ1v) is 5.29. The van der Waals surface area contributed by atoms with E-state index in [1.165, 1.54) is 0 Å². The first kappa shape index (κ1) is 13.8. The zero-order chi connectivity index (χ0) is 11.7. The van der Waals surface area contributed by atoms with E-state index in [2.05, 4.69) is 10.1 Å². The number of rotatable bonds is 4. The quantitative estimate of drug-likeness (QED) is 0.712. The van der Waals surface area contributed by atoms with Crippen LogP contribution in [0.25, 0.3) is 0 Å². The molecule has 0 aliphatic rings. The van der Waals surface area contributed by atoms with E-state index in [0.717, 1.165) is 18.5 Å². The standard InChI is InChI=1S/C10H14N2O.C2H6/c1-12(2)7-6-9-4-3-5-10(8-9)11-13;1-2/h3-5,8H,6-7H2,1-2H3;1-2H3. The van der Waals surface area contributed by atoms with Gasteiger partial charge < -0.3 is 4.90 Å². The molecule has 0 fully saturated rings. The lowest BCUT2D eigenvalue weighted by Crippen LogP contribution is -2.14. The van der Waals surface area contributed by atoms with Crippen LogP contribution < -0.4 is 0 Å². The maximum atomic E-state index is 10.2. The maximum Gasteiger partial charge on any atom is 0.108 e. The summed E-state index contributed by atoms with van der Waals surface area (Å²) in [5, 5.41) is 2.89. The molecule has 15 heavy (non-hydrogen) atoms. The Kier molecular flexibility index (Phi) is 7.46. The van der Waals surface area contributed by atoms with Crippen molar-refractivity contribution in [2.75, 3.05) is 20.6 Å². The van der Waals surface area contributed by atoms with Crippen LogP contribution in [0.1, 0.15) is 19.4 Å². The summed E-state index contributed by atoms with van der Waals surface area (Å²) in [6.07, 6.45) is 0.955. The Hall–Kier alpha value is -1.22. The molecule has 0 aliphatic carbocycles. The summed E-state index contributed by atoms with van der Waals surface area (Å²) in [5.74, 6) is 0. The highest BCUT2D eigenvalue weighted by molar-refractivity contribution is 5.39. The highest BCUT2D eigenvalue weighted by Gasteiger charge is 1.96. The molecule has 0 aliphatic heterocycles. The lowest BCUT2D eigenvalue weighted by Gasteiger charge is -2.08.